The summed E-state index contributed by atoms with van der Waals surface area (Å²) in [6.07, 6.45) is -2.62. The lowest BCUT2D eigenvalue weighted by Gasteiger charge is -2.13. The molecule has 0 radical (unpaired) electrons. The van der Waals surface area contributed by atoms with Crippen LogP contribution in [-0.2, 0) is 6.18 Å². The maximum Gasteiger partial charge on any atom is 0.433 e. The lowest BCUT2D eigenvalue weighted by atomic mass is 10.2. The Morgan fingerprint density at radius 2 is 2.19 bits per heavy atom. The van der Waals surface area contributed by atoms with E-state index in [0.29, 0.717) is 0 Å². The fourth-order valence-electron chi connectivity index (χ4n) is 1.58. The Hall–Kier alpha value is -1.37. The lowest BCUT2D eigenvalue weighted by molar-refractivity contribution is -0.141. The number of alkyl halides is 3. The molecule has 1 fully saturated rings. The van der Waals surface area contributed by atoms with E-state index >= 15 is 0 Å². The molecule has 88 valence electrons. The first-order valence-electron chi connectivity index (χ1n) is 4.92. The number of hydrogen-bond donors (Lipinski definition) is 2. The first-order chi connectivity index (χ1) is 7.55. The zero-order valence-corrected chi connectivity index (χ0v) is 8.38. The predicted octanol–water partition coefficient (Wildman–Crippen LogP) is 1.27. The van der Waals surface area contributed by atoms with Crippen molar-refractivity contribution in [1.29, 1.82) is 0 Å². The van der Waals surface area contributed by atoms with Crippen LogP contribution in [0.5, 0.6) is 0 Å². The van der Waals surface area contributed by atoms with E-state index < -0.39 is 11.9 Å². The smallest absolute Gasteiger partial charge is 0.366 e. The number of nitrogens with one attached hydrogen (secondary N) is 2. The summed E-state index contributed by atoms with van der Waals surface area (Å²) in [6.45, 7) is 1.61. The summed E-state index contributed by atoms with van der Waals surface area (Å²) in [7, 11) is 0. The van der Waals surface area contributed by atoms with Crippen molar-refractivity contribution in [2.24, 2.45) is 0 Å². The average molecular weight is 232 g/mol. The van der Waals surface area contributed by atoms with Crippen molar-refractivity contribution in [1.82, 2.24) is 15.3 Å². The van der Waals surface area contributed by atoms with E-state index in [0.717, 1.165) is 31.9 Å². The van der Waals surface area contributed by atoms with Gasteiger partial charge in [0.15, 0.2) is 0 Å². The van der Waals surface area contributed by atoms with Crippen molar-refractivity contribution in [3.8, 4) is 0 Å². The summed E-state index contributed by atoms with van der Waals surface area (Å²) in [5, 5.41) is 6.05. The summed E-state index contributed by atoms with van der Waals surface area (Å²) in [5.74, 6) is 0.219. The minimum atomic E-state index is -4.42. The molecular weight excluding hydrogens is 221 g/mol. The quantitative estimate of drug-likeness (QED) is 0.806. The number of hydrogen-bond acceptors (Lipinski definition) is 4. The normalized spacial score (nSPS) is 21.1. The molecule has 0 saturated carbocycles. The van der Waals surface area contributed by atoms with Gasteiger partial charge in [0.05, 0.1) is 0 Å². The zero-order valence-electron chi connectivity index (χ0n) is 8.38. The number of aromatic nitrogens is 2. The molecule has 16 heavy (non-hydrogen) atoms. The first-order valence-corrected chi connectivity index (χ1v) is 4.92. The monoisotopic (exact) mass is 232 g/mol. The van der Waals surface area contributed by atoms with Crippen molar-refractivity contribution in [2.45, 2.75) is 18.6 Å². The van der Waals surface area contributed by atoms with Gasteiger partial charge in [-0.1, -0.05) is 0 Å². The minimum absolute atomic E-state index is 0.135. The maximum atomic E-state index is 12.4. The second-order valence-corrected chi connectivity index (χ2v) is 3.62. The van der Waals surface area contributed by atoms with Gasteiger partial charge in [-0.25, -0.2) is 9.97 Å². The van der Waals surface area contributed by atoms with Crippen molar-refractivity contribution in [3.63, 3.8) is 0 Å². The standard InChI is InChI=1S/C9H11F3N4/c10-9(11,12)7-3-8(15-5-14-7)16-6-1-2-13-4-6/h3,5-6,13H,1-2,4H2,(H,14,15,16)/t6-/m1/s1. The third-order valence-corrected chi connectivity index (χ3v) is 2.37. The molecule has 0 unspecified atom stereocenters. The second kappa shape index (κ2) is 4.25. The Balaban J connectivity index is 2.09. The Morgan fingerprint density at radius 1 is 1.38 bits per heavy atom. The molecule has 0 amide bonds. The zero-order chi connectivity index (χ0) is 11.6. The van der Waals surface area contributed by atoms with Crippen LogP contribution in [0.1, 0.15) is 12.1 Å². The number of anilines is 1. The molecule has 2 N–H and O–H groups in total. The molecule has 7 heteroatoms. The molecule has 0 aromatic carbocycles. The Bertz CT molecular complexity index is 360. The molecule has 1 aliphatic heterocycles. The first kappa shape index (κ1) is 11.1. The van der Waals surface area contributed by atoms with Crippen molar-refractivity contribution >= 4 is 5.82 Å². The second-order valence-electron chi connectivity index (χ2n) is 3.62. The van der Waals surface area contributed by atoms with Gasteiger partial charge >= 0.3 is 6.18 Å². The average Bonchev–Trinajstić information content (AvgIpc) is 2.70. The van der Waals surface area contributed by atoms with E-state index in [1.807, 2.05) is 0 Å². The molecule has 0 aliphatic carbocycles. The maximum absolute atomic E-state index is 12.4. The van der Waals surface area contributed by atoms with E-state index in [-0.39, 0.29) is 11.9 Å². The van der Waals surface area contributed by atoms with Gasteiger partial charge in [0.25, 0.3) is 0 Å². The van der Waals surface area contributed by atoms with Crippen LogP contribution in [-0.4, -0.2) is 29.1 Å². The van der Waals surface area contributed by atoms with Gasteiger partial charge < -0.3 is 10.6 Å². The summed E-state index contributed by atoms with van der Waals surface area (Å²) < 4.78 is 37.1. The summed E-state index contributed by atoms with van der Waals surface area (Å²) >= 11 is 0. The summed E-state index contributed by atoms with van der Waals surface area (Å²) in [6, 6.07) is 1.06. The molecular formula is C9H11F3N4. The van der Waals surface area contributed by atoms with Gasteiger partial charge in [-0.15, -0.1) is 0 Å². The highest BCUT2D eigenvalue weighted by molar-refractivity contribution is 5.37. The van der Waals surface area contributed by atoms with Gasteiger partial charge in [-0.2, -0.15) is 13.2 Å². The van der Waals surface area contributed by atoms with Crippen molar-refractivity contribution in [2.75, 3.05) is 18.4 Å². The van der Waals surface area contributed by atoms with Gasteiger partial charge in [0.1, 0.15) is 17.8 Å². The highest BCUT2D eigenvalue weighted by Crippen LogP contribution is 2.28. The highest BCUT2D eigenvalue weighted by Gasteiger charge is 2.33. The van der Waals surface area contributed by atoms with Gasteiger partial charge in [0, 0.05) is 18.7 Å². The molecule has 1 saturated heterocycles. The third-order valence-electron chi connectivity index (χ3n) is 2.37. The van der Waals surface area contributed by atoms with E-state index in [1.165, 1.54) is 0 Å². The summed E-state index contributed by atoms with van der Waals surface area (Å²) in [5.41, 5.74) is -0.920. The number of nitrogens with zero attached hydrogens (tertiary/aromatic N) is 2. The molecule has 2 heterocycles. The number of halogens is 3. The van der Waals surface area contributed by atoms with Crippen LogP contribution in [0, 0.1) is 0 Å². The fourth-order valence-corrected chi connectivity index (χ4v) is 1.58. The highest BCUT2D eigenvalue weighted by atomic mass is 19.4. The van der Waals surface area contributed by atoms with Crippen LogP contribution in [0.4, 0.5) is 19.0 Å². The predicted molar refractivity (Wildman–Crippen MR) is 51.9 cm³/mol. The van der Waals surface area contributed by atoms with Crippen LogP contribution in [0.3, 0.4) is 0 Å². The van der Waals surface area contributed by atoms with Crippen LogP contribution in [0.2, 0.25) is 0 Å². The third kappa shape index (κ3) is 2.60. The minimum Gasteiger partial charge on any atom is -0.366 e. The summed E-state index contributed by atoms with van der Waals surface area (Å²) in [4.78, 5) is 6.96. The Morgan fingerprint density at radius 3 is 2.81 bits per heavy atom. The molecule has 1 aliphatic rings. The van der Waals surface area contributed by atoms with E-state index in [9.17, 15) is 13.2 Å². The van der Waals surface area contributed by atoms with Gasteiger partial charge in [0.2, 0.25) is 0 Å². The van der Waals surface area contributed by atoms with Crippen LogP contribution < -0.4 is 10.6 Å². The SMILES string of the molecule is FC(F)(F)c1cc(N[C@@H]2CCNC2)ncn1. The van der Waals surface area contributed by atoms with Gasteiger partial charge in [-0.3, -0.25) is 0 Å². The topological polar surface area (TPSA) is 49.8 Å². The number of rotatable bonds is 2. The Kier molecular flexibility index (Phi) is 2.95. The molecule has 0 spiro atoms. The van der Waals surface area contributed by atoms with E-state index in [1.54, 1.807) is 0 Å². The fraction of sp³-hybridized carbons (Fsp3) is 0.556. The van der Waals surface area contributed by atoms with Gasteiger partial charge in [-0.05, 0) is 13.0 Å². The molecule has 1 atom stereocenters. The molecule has 4 nitrogen and oxygen atoms in total. The molecule has 1 aromatic rings. The van der Waals surface area contributed by atoms with Crippen LogP contribution in [0.25, 0.3) is 0 Å². The van der Waals surface area contributed by atoms with Crippen LogP contribution in [0.15, 0.2) is 12.4 Å². The molecule has 1 aromatic heterocycles. The lowest BCUT2D eigenvalue weighted by Crippen LogP contribution is -2.23. The van der Waals surface area contributed by atoms with Crippen molar-refractivity contribution in [3.05, 3.63) is 18.1 Å². The van der Waals surface area contributed by atoms with Crippen molar-refractivity contribution < 1.29 is 13.2 Å². The Labute approximate surface area is 90.3 Å². The van der Waals surface area contributed by atoms with E-state index in [2.05, 4.69) is 20.6 Å². The molecule has 0 bridgehead atoms. The van der Waals surface area contributed by atoms with E-state index in [4.69, 9.17) is 0 Å². The molecule has 2 rings (SSSR count). The largest absolute Gasteiger partial charge is 0.433 e. The van der Waals surface area contributed by atoms with Crippen LogP contribution >= 0.6 is 0 Å².